The SMILES string of the molecule is O=S(=O)(CC(O)Nc1nc2ccccc2o1)c1cn(Cc2cccc(Br)c2)c2cc(F)cc(F)c12. The summed E-state index contributed by atoms with van der Waals surface area (Å²) in [6, 6.07) is 15.8. The monoisotopic (exact) mass is 561 g/mol. The van der Waals surface area contributed by atoms with Crippen molar-refractivity contribution >= 4 is 53.8 Å². The van der Waals surface area contributed by atoms with Gasteiger partial charge in [-0.05, 0) is 35.9 Å². The van der Waals surface area contributed by atoms with Crippen molar-refractivity contribution < 1.29 is 26.7 Å². The van der Waals surface area contributed by atoms with Gasteiger partial charge in [-0.2, -0.15) is 4.98 Å². The van der Waals surface area contributed by atoms with Crippen LogP contribution in [-0.2, 0) is 16.4 Å². The molecule has 180 valence electrons. The Hall–Kier alpha value is -3.28. The van der Waals surface area contributed by atoms with Crippen LogP contribution in [0.4, 0.5) is 14.8 Å². The first-order valence-corrected chi connectivity index (χ1v) is 12.9. The Morgan fingerprint density at radius 3 is 2.69 bits per heavy atom. The van der Waals surface area contributed by atoms with Crippen molar-refractivity contribution in [2.45, 2.75) is 17.7 Å². The molecule has 0 radical (unpaired) electrons. The number of aliphatic hydroxyl groups excluding tert-OH is 1. The van der Waals surface area contributed by atoms with Gasteiger partial charge in [-0.15, -0.1) is 0 Å². The van der Waals surface area contributed by atoms with E-state index in [-0.39, 0.29) is 28.4 Å². The highest BCUT2D eigenvalue weighted by Gasteiger charge is 2.27. The van der Waals surface area contributed by atoms with E-state index in [1.54, 1.807) is 30.3 Å². The average Bonchev–Trinajstić information content (AvgIpc) is 3.35. The number of benzene rings is 3. The molecule has 35 heavy (non-hydrogen) atoms. The lowest BCUT2D eigenvalue weighted by Gasteiger charge is -2.11. The van der Waals surface area contributed by atoms with Gasteiger partial charge in [-0.25, -0.2) is 17.2 Å². The fourth-order valence-corrected chi connectivity index (χ4v) is 5.85. The number of nitrogens with zero attached hydrogens (tertiary/aromatic N) is 2. The van der Waals surface area contributed by atoms with E-state index in [4.69, 9.17) is 4.42 Å². The van der Waals surface area contributed by atoms with E-state index in [1.165, 1.54) is 10.8 Å². The normalized spacial score (nSPS) is 12.9. The van der Waals surface area contributed by atoms with Gasteiger partial charge in [0.05, 0.1) is 21.6 Å². The summed E-state index contributed by atoms with van der Waals surface area (Å²) in [4.78, 5) is 3.80. The molecular weight excluding hydrogens is 544 g/mol. The lowest BCUT2D eigenvalue weighted by Crippen LogP contribution is -2.28. The summed E-state index contributed by atoms with van der Waals surface area (Å²) in [7, 11) is -4.23. The maximum absolute atomic E-state index is 14.8. The number of aromatic nitrogens is 2. The molecule has 0 aliphatic carbocycles. The second-order valence-corrected chi connectivity index (χ2v) is 10.9. The fraction of sp³-hybridized carbons (Fsp3) is 0.125. The van der Waals surface area contributed by atoms with Crippen molar-refractivity contribution in [1.82, 2.24) is 9.55 Å². The molecule has 0 aliphatic rings. The molecule has 11 heteroatoms. The Balaban J connectivity index is 1.48. The molecule has 3 aromatic carbocycles. The molecule has 5 aromatic rings. The van der Waals surface area contributed by atoms with Gasteiger partial charge in [-0.3, -0.25) is 0 Å². The molecular formula is C24H18BrF2N3O4S. The number of hydrogen-bond acceptors (Lipinski definition) is 6. The summed E-state index contributed by atoms with van der Waals surface area (Å²) in [6.07, 6.45) is -0.338. The zero-order valence-electron chi connectivity index (χ0n) is 18.0. The third-order valence-electron chi connectivity index (χ3n) is 5.40. The highest BCUT2D eigenvalue weighted by Crippen LogP contribution is 2.31. The predicted molar refractivity (Wildman–Crippen MR) is 131 cm³/mol. The molecule has 2 N–H and O–H groups in total. The van der Waals surface area contributed by atoms with E-state index in [1.807, 2.05) is 18.2 Å². The van der Waals surface area contributed by atoms with Crippen molar-refractivity contribution in [2.24, 2.45) is 0 Å². The highest BCUT2D eigenvalue weighted by molar-refractivity contribution is 9.10. The highest BCUT2D eigenvalue weighted by atomic mass is 79.9. The van der Waals surface area contributed by atoms with Crippen LogP contribution >= 0.6 is 15.9 Å². The summed E-state index contributed by atoms with van der Waals surface area (Å²) >= 11 is 3.38. The minimum absolute atomic E-state index is 0.0563. The van der Waals surface area contributed by atoms with E-state index in [0.29, 0.717) is 17.2 Å². The van der Waals surface area contributed by atoms with Crippen LogP contribution in [0.25, 0.3) is 22.0 Å². The Bertz CT molecular complexity index is 1630. The zero-order chi connectivity index (χ0) is 24.7. The van der Waals surface area contributed by atoms with Crippen LogP contribution in [0.1, 0.15) is 5.56 Å². The van der Waals surface area contributed by atoms with Crippen LogP contribution in [0.5, 0.6) is 0 Å². The lowest BCUT2D eigenvalue weighted by atomic mass is 10.2. The van der Waals surface area contributed by atoms with E-state index in [2.05, 4.69) is 26.2 Å². The van der Waals surface area contributed by atoms with Gasteiger partial charge >= 0.3 is 0 Å². The topological polar surface area (TPSA) is 97.4 Å². The molecule has 1 unspecified atom stereocenters. The summed E-state index contributed by atoms with van der Waals surface area (Å²) in [5.41, 5.74) is 1.87. The van der Waals surface area contributed by atoms with Gasteiger partial charge in [0.2, 0.25) is 0 Å². The van der Waals surface area contributed by atoms with Crippen molar-refractivity contribution in [3.63, 3.8) is 0 Å². The molecule has 0 fully saturated rings. The fourth-order valence-electron chi connectivity index (χ4n) is 3.92. The second-order valence-electron chi connectivity index (χ2n) is 7.96. The number of aliphatic hydroxyl groups is 1. The summed E-state index contributed by atoms with van der Waals surface area (Å²) in [5, 5.41) is 12.7. The van der Waals surface area contributed by atoms with Crippen molar-refractivity contribution in [2.75, 3.05) is 11.1 Å². The molecule has 0 aliphatic heterocycles. The van der Waals surface area contributed by atoms with Gasteiger partial charge < -0.3 is 19.4 Å². The zero-order valence-corrected chi connectivity index (χ0v) is 20.4. The van der Waals surface area contributed by atoms with E-state index >= 15 is 0 Å². The van der Waals surface area contributed by atoms with Crippen molar-refractivity contribution in [3.05, 3.63) is 88.5 Å². The minimum atomic E-state index is -4.23. The van der Waals surface area contributed by atoms with Crippen LogP contribution in [-0.4, -0.2) is 35.1 Å². The van der Waals surface area contributed by atoms with Crippen LogP contribution in [0, 0.1) is 11.6 Å². The Morgan fingerprint density at radius 2 is 1.91 bits per heavy atom. The van der Waals surface area contributed by atoms with Gasteiger partial charge in [-0.1, -0.05) is 40.2 Å². The minimum Gasteiger partial charge on any atom is -0.424 e. The quantitative estimate of drug-likeness (QED) is 0.269. The van der Waals surface area contributed by atoms with Gasteiger partial charge in [0.15, 0.2) is 15.4 Å². The first-order chi connectivity index (χ1) is 16.7. The molecule has 0 saturated carbocycles. The standard InChI is InChI=1S/C24H18BrF2N3O4S/c25-15-5-3-4-14(8-15)11-30-12-21(23-17(27)9-16(26)10-19(23)30)35(32,33)13-22(31)29-24-28-18-6-1-2-7-20(18)34-24/h1-10,12,22,31H,11,13H2,(H,28,29). The number of halogens is 3. The predicted octanol–water partition coefficient (Wildman–Crippen LogP) is 5.08. The Labute approximate surface area is 207 Å². The molecule has 7 nitrogen and oxygen atoms in total. The number of fused-ring (bicyclic) bond motifs is 2. The maximum Gasteiger partial charge on any atom is 0.297 e. The summed E-state index contributed by atoms with van der Waals surface area (Å²) < 4.78 is 63.1. The van der Waals surface area contributed by atoms with Gasteiger partial charge in [0.25, 0.3) is 6.01 Å². The molecule has 1 atom stereocenters. The van der Waals surface area contributed by atoms with E-state index in [0.717, 1.165) is 16.1 Å². The average molecular weight is 562 g/mol. The molecule has 5 rings (SSSR count). The number of hydrogen-bond donors (Lipinski definition) is 2. The van der Waals surface area contributed by atoms with Crippen LogP contribution in [0.3, 0.4) is 0 Å². The summed E-state index contributed by atoms with van der Waals surface area (Å²) in [5.74, 6) is -2.63. The molecule has 0 spiro atoms. The largest absolute Gasteiger partial charge is 0.424 e. The molecule has 0 saturated heterocycles. The first-order valence-electron chi connectivity index (χ1n) is 10.4. The smallest absolute Gasteiger partial charge is 0.297 e. The number of rotatable bonds is 7. The third-order valence-corrected chi connectivity index (χ3v) is 7.63. The van der Waals surface area contributed by atoms with Crippen molar-refractivity contribution in [3.8, 4) is 0 Å². The van der Waals surface area contributed by atoms with Gasteiger partial charge in [0, 0.05) is 23.3 Å². The number of anilines is 1. The third kappa shape index (κ3) is 4.79. The Kier molecular flexibility index (Phi) is 6.07. The number of sulfone groups is 1. The molecule has 2 heterocycles. The second kappa shape index (κ2) is 9.06. The number of para-hydroxylation sites is 2. The van der Waals surface area contributed by atoms with Crippen LogP contribution in [0.15, 0.2) is 80.6 Å². The molecule has 2 aromatic heterocycles. The Morgan fingerprint density at radius 1 is 1.11 bits per heavy atom. The lowest BCUT2D eigenvalue weighted by molar-refractivity contribution is 0.222. The maximum atomic E-state index is 14.8. The summed E-state index contributed by atoms with van der Waals surface area (Å²) in [6.45, 7) is 0.179. The van der Waals surface area contributed by atoms with Crippen LogP contribution < -0.4 is 5.32 Å². The van der Waals surface area contributed by atoms with E-state index < -0.39 is 33.5 Å². The molecule has 0 bridgehead atoms. The van der Waals surface area contributed by atoms with E-state index in [9.17, 15) is 22.3 Å². The number of oxazole rings is 1. The molecule has 0 amide bonds. The number of nitrogens with one attached hydrogen (secondary N) is 1. The van der Waals surface area contributed by atoms with Crippen molar-refractivity contribution in [1.29, 1.82) is 0 Å². The van der Waals surface area contributed by atoms with Crippen LogP contribution in [0.2, 0.25) is 0 Å². The first kappa shape index (κ1) is 23.5. The van der Waals surface area contributed by atoms with Gasteiger partial charge in [0.1, 0.15) is 23.4 Å².